The minimum absolute atomic E-state index is 0.0280. The van der Waals surface area contributed by atoms with Gasteiger partial charge in [-0.25, -0.2) is 13.7 Å². The van der Waals surface area contributed by atoms with Crippen molar-refractivity contribution >= 4 is 34.4 Å². The second kappa shape index (κ2) is 11.7. The van der Waals surface area contributed by atoms with Crippen molar-refractivity contribution in [2.24, 2.45) is 0 Å². The Morgan fingerprint density at radius 3 is 2.62 bits per heavy atom. The number of halogens is 1. The number of nitrogens with zero attached hydrogens (tertiary/aromatic N) is 5. The van der Waals surface area contributed by atoms with Gasteiger partial charge in [0.2, 0.25) is 0 Å². The van der Waals surface area contributed by atoms with Crippen molar-refractivity contribution in [1.82, 2.24) is 19.2 Å². The van der Waals surface area contributed by atoms with E-state index in [1.165, 1.54) is 41.2 Å². The Balaban J connectivity index is 1.45. The van der Waals surface area contributed by atoms with E-state index in [0.29, 0.717) is 22.3 Å². The van der Waals surface area contributed by atoms with E-state index in [-0.39, 0.29) is 22.6 Å². The number of piperazine rings is 1. The minimum atomic E-state index is -0.681. The first-order valence-corrected chi connectivity index (χ1v) is 13.4. The number of ether oxygens (including phenoxy) is 1. The van der Waals surface area contributed by atoms with Crippen molar-refractivity contribution < 1.29 is 9.13 Å². The van der Waals surface area contributed by atoms with Gasteiger partial charge in [-0.3, -0.25) is 9.36 Å². The SMILES string of the molecule is CCN(C)SNc1ccc(F)c(Oc2ccc3ncn(-c4ccc(N5CCNCC5)cc4)c(=O)c3c2)c1C#N. The Morgan fingerprint density at radius 1 is 1.15 bits per heavy atom. The molecule has 3 aromatic carbocycles. The fourth-order valence-electron chi connectivity index (χ4n) is 4.26. The smallest absolute Gasteiger partial charge is 0.265 e. The fourth-order valence-corrected chi connectivity index (χ4v) is 4.81. The predicted molar refractivity (Wildman–Crippen MR) is 153 cm³/mol. The summed E-state index contributed by atoms with van der Waals surface area (Å²) in [7, 11) is 1.89. The number of nitriles is 1. The molecule has 1 aliphatic rings. The van der Waals surface area contributed by atoms with E-state index in [1.54, 1.807) is 12.1 Å². The van der Waals surface area contributed by atoms with Gasteiger partial charge < -0.3 is 19.7 Å². The van der Waals surface area contributed by atoms with Crippen LogP contribution in [0, 0.1) is 17.1 Å². The highest BCUT2D eigenvalue weighted by molar-refractivity contribution is 7.98. The van der Waals surface area contributed by atoms with E-state index in [2.05, 4.69) is 19.9 Å². The van der Waals surface area contributed by atoms with E-state index in [4.69, 9.17) is 4.74 Å². The number of aromatic nitrogens is 2. The molecule has 0 bridgehead atoms. The van der Waals surface area contributed by atoms with Crippen LogP contribution in [0.1, 0.15) is 12.5 Å². The van der Waals surface area contributed by atoms with Gasteiger partial charge in [0.25, 0.3) is 5.56 Å². The highest BCUT2D eigenvalue weighted by atomic mass is 32.2. The lowest BCUT2D eigenvalue weighted by molar-refractivity contribution is 0.441. The molecule has 2 N–H and O–H groups in total. The Kier molecular flexibility index (Phi) is 7.97. The molecule has 4 aromatic rings. The van der Waals surface area contributed by atoms with Gasteiger partial charge in [0.1, 0.15) is 23.7 Å². The van der Waals surface area contributed by atoms with Gasteiger partial charge >= 0.3 is 0 Å². The lowest BCUT2D eigenvalue weighted by atomic mass is 10.1. The summed E-state index contributed by atoms with van der Waals surface area (Å²) in [6, 6.07) is 17.3. The van der Waals surface area contributed by atoms with Crippen molar-refractivity contribution in [1.29, 1.82) is 5.26 Å². The van der Waals surface area contributed by atoms with Crippen LogP contribution >= 0.6 is 12.1 Å². The molecule has 1 aliphatic heterocycles. The molecule has 11 heteroatoms. The molecule has 0 aliphatic carbocycles. The normalized spacial score (nSPS) is 13.5. The number of fused-ring (bicyclic) bond motifs is 1. The summed E-state index contributed by atoms with van der Waals surface area (Å²) in [4.78, 5) is 20.2. The third-order valence-electron chi connectivity index (χ3n) is 6.54. The zero-order valence-corrected chi connectivity index (χ0v) is 22.5. The summed E-state index contributed by atoms with van der Waals surface area (Å²) in [5.41, 5.74) is 2.44. The second-order valence-corrected chi connectivity index (χ2v) is 10.0. The van der Waals surface area contributed by atoms with Crippen molar-refractivity contribution in [2.75, 3.05) is 49.4 Å². The summed E-state index contributed by atoms with van der Waals surface area (Å²) >= 11 is 1.29. The van der Waals surface area contributed by atoms with Gasteiger partial charge in [-0.2, -0.15) is 5.26 Å². The van der Waals surface area contributed by atoms with Crippen LogP contribution in [0.15, 0.2) is 65.7 Å². The van der Waals surface area contributed by atoms with E-state index >= 15 is 0 Å². The molecule has 0 radical (unpaired) electrons. The first-order valence-electron chi connectivity index (χ1n) is 12.6. The lowest BCUT2D eigenvalue weighted by Crippen LogP contribution is -2.43. The molecular formula is C28H28FN7O2S. The fraction of sp³-hybridized carbons (Fsp3) is 0.250. The van der Waals surface area contributed by atoms with Crippen LogP contribution in [0.4, 0.5) is 15.8 Å². The summed E-state index contributed by atoms with van der Waals surface area (Å²) < 4.78 is 27.1. The third kappa shape index (κ3) is 5.68. The first-order chi connectivity index (χ1) is 19.0. The highest BCUT2D eigenvalue weighted by Gasteiger charge is 2.18. The summed E-state index contributed by atoms with van der Waals surface area (Å²) in [5, 5.41) is 13.4. The number of hydrogen-bond donors (Lipinski definition) is 2. The van der Waals surface area contributed by atoms with Gasteiger partial charge in [0, 0.05) is 50.5 Å². The van der Waals surface area contributed by atoms with E-state index in [9.17, 15) is 14.4 Å². The van der Waals surface area contributed by atoms with Gasteiger partial charge in [-0.05, 0) is 61.6 Å². The molecule has 200 valence electrons. The highest BCUT2D eigenvalue weighted by Crippen LogP contribution is 2.34. The van der Waals surface area contributed by atoms with Crippen molar-refractivity contribution in [2.45, 2.75) is 6.92 Å². The predicted octanol–water partition coefficient (Wildman–Crippen LogP) is 4.53. The lowest BCUT2D eigenvalue weighted by Gasteiger charge is -2.29. The maximum absolute atomic E-state index is 14.8. The Morgan fingerprint density at radius 2 is 1.90 bits per heavy atom. The molecular weight excluding hydrogens is 517 g/mol. The summed E-state index contributed by atoms with van der Waals surface area (Å²) in [6.45, 7) is 6.51. The number of benzene rings is 3. The average Bonchev–Trinajstić information content (AvgIpc) is 2.98. The van der Waals surface area contributed by atoms with Gasteiger partial charge in [-0.15, -0.1) is 0 Å². The van der Waals surface area contributed by atoms with Gasteiger partial charge in [-0.1, -0.05) is 6.92 Å². The topological polar surface area (TPSA) is 98.4 Å². The van der Waals surface area contributed by atoms with Crippen molar-refractivity contribution in [3.05, 3.63) is 82.7 Å². The van der Waals surface area contributed by atoms with Crippen LogP contribution < -0.4 is 25.2 Å². The Hall–Kier alpha value is -4.11. The van der Waals surface area contributed by atoms with E-state index < -0.39 is 5.82 Å². The Bertz CT molecular complexity index is 1580. The molecule has 0 saturated carbocycles. The molecule has 5 rings (SSSR count). The third-order valence-corrected chi connectivity index (χ3v) is 7.42. The van der Waals surface area contributed by atoms with E-state index in [0.717, 1.165) is 38.4 Å². The van der Waals surface area contributed by atoms with Crippen molar-refractivity contribution in [3.63, 3.8) is 0 Å². The quantitative estimate of drug-likeness (QED) is 0.310. The number of nitrogens with one attached hydrogen (secondary N) is 2. The second-order valence-electron chi connectivity index (χ2n) is 9.00. The molecule has 9 nitrogen and oxygen atoms in total. The molecule has 1 saturated heterocycles. The van der Waals surface area contributed by atoms with Crippen LogP contribution in [0.5, 0.6) is 11.5 Å². The number of rotatable bonds is 8. The van der Waals surface area contributed by atoms with E-state index in [1.807, 2.05) is 48.6 Å². The minimum Gasteiger partial charge on any atom is -0.453 e. The summed E-state index contributed by atoms with van der Waals surface area (Å²) in [6.07, 6.45) is 1.50. The molecule has 0 unspecified atom stereocenters. The standard InChI is InChI=1S/C28H28FN7O2S/c1-3-34(2)39-33-26-11-9-24(29)27(23(26)17-30)38-21-8-10-25-22(16-21)28(37)36(18-32-25)20-6-4-19(5-7-20)35-14-12-31-13-15-35/h4-11,16,18,31,33H,3,12-15H2,1-2H3. The molecule has 39 heavy (non-hydrogen) atoms. The first kappa shape index (κ1) is 26.5. The zero-order chi connectivity index (χ0) is 27.4. The molecule has 0 amide bonds. The zero-order valence-electron chi connectivity index (χ0n) is 21.6. The van der Waals surface area contributed by atoms with Crippen molar-refractivity contribution in [3.8, 4) is 23.3 Å². The molecule has 1 aromatic heterocycles. The average molecular weight is 546 g/mol. The number of hydrogen-bond acceptors (Lipinski definition) is 9. The Labute approximate surface area is 230 Å². The molecule has 0 atom stereocenters. The maximum Gasteiger partial charge on any atom is 0.265 e. The monoisotopic (exact) mass is 545 g/mol. The maximum atomic E-state index is 14.8. The number of anilines is 2. The summed E-state index contributed by atoms with van der Waals surface area (Å²) in [5.74, 6) is -0.673. The molecule has 1 fully saturated rings. The van der Waals surface area contributed by atoms with Crippen LogP contribution in [0.2, 0.25) is 0 Å². The van der Waals surface area contributed by atoms with Gasteiger partial charge in [0.15, 0.2) is 11.6 Å². The largest absolute Gasteiger partial charge is 0.453 e. The van der Waals surface area contributed by atoms with Gasteiger partial charge in [0.05, 0.1) is 22.3 Å². The van der Waals surface area contributed by atoms with Crippen LogP contribution in [0.25, 0.3) is 16.6 Å². The van der Waals surface area contributed by atoms with Crippen LogP contribution in [-0.4, -0.2) is 53.6 Å². The molecule has 0 spiro atoms. The van der Waals surface area contributed by atoms with Crippen LogP contribution in [0.3, 0.4) is 0 Å². The molecule has 2 heterocycles. The van der Waals surface area contributed by atoms with Crippen LogP contribution in [-0.2, 0) is 0 Å².